The van der Waals surface area contributed by atoms with Crippen molar-refractivity contribution in [2.45, 2.75) is 25.0 Å². The molecule has 1 aromatic heterocycles. The second-order valence-corrected chi connectivity index (χ2v) is 8.95. The summed E-state index contributed by atoms with van der Waals surface area (Å²) in [5.74, 6) is -0.438. The first kappa shape index (κ1) is 20.1. The molecule has 9 heteroatoms. The molecular formula is C17H21N3O4S2. The van der Waals surface area contributed by atoms with Crippen molar-refractivity contribution in [2.24, 2.45) is 0 Å². The predicted octanol–water partition coefficient (Wildman–Crippen LogP) is 2.35. The molecule has 0 saturated heterocycles. The van der Waals surface area contributed by atoms with E-state index in [0.29, 0.717) is 11.4 Å². The van der Waals surface area contributed by atoms with Crippen LogP contribution in [-0.2, 0) is 19.6 Å². The molecule has 2 amide bonds. The fourth-order valence-corrected chi connectivity index (χ4v) is 4.69. The number of amides is 2. The largest absolute Gasteiger partial charge is 0.326 e. The minimum Gasteiger partial charge on any atom is -0.326 e. The summed E-state index contributed by atoms with van der Waals surface area (Å²) in [5.41, 5.74) is 1.14. The molecule has 0 atom stereocenters. The summed E-state index contributed by atoms with van der Waals surface area (Å²) in [6.07, 6.45) is 0. The van der Waals surface area contributed by atoms with E-state index < -0.39 is 10.0 Å². The second-order valence-electron chi connectivity index (χ2n) is 5.67. The van der Waals surface area contributed by atoms with Gasteiger partial charge in [0.05, 0.1) is 0 Å². The number of nitrogens with one attached hydrogen (secondary N) is 2. The molecule has 0 bridgehead atoms. The van der Waals surface area contributed by atoms with Crippen LogP contribution in [0.2, 0.25) is 0 Å². The summed E-state index contributed by atoms with van der Waals surface area (Å²) < 4.78 is 27.3. The van der Waals surface area contributed by atoms with Gasteiger partial charge >= 0.3 is 0 Å². The quantitative estimate of drug-likeness (QED) is 0.752. The maximum atomic E-state index is 12.3. The molecule has 1 aromatic carbocycles. The van der Waals surface area contributed by atoms with Gasteiger partial charge in [-0.15, -0.1) is 11.3 Å². The zero-order chi connectivity index (χ0) is 19.3. The van der Waals surface area contributed by atoms with Crippen molar-refractivity contribution in [1.29, 1.82) is 0 Å². The number of hydrogen-bond acceptors (Lipinski definition) is 5. The highest BCUT2D eigenvalue weighted by Crippen LogP contribution is 2.21. The molecule has 0 aliphatic heterocycles. The van der Waals surface area contributed by atoms with Gasteiger partial charge in [-0.1, -0.05) is 6.07 Å². The van der Waals surface area contributed by atoms with Crippen molar-refractivity contribution in [3.8, 4) is 0 Å². The van der Waals surface area contributed by atoms with E-state index in [-0.39, 0.29) is 29.1 Å². The number of anilines is 2. The SMILES string of the molecule is CC(=O)Nc1cccc(N(CCNS(=O)(=O)c2ccc(C)s2)C(C)=O)c1. The van der Waals surface area contributed by atoms with Crippen LogP contribution in [0.25, 0.3) is 0 Å². The first-order valence-corrected chi connectivity index (χ1v) is 10.2. The van der Waals surface area contributed by atoms with E-state index in [1.165, 1.54) is 30.1 Å². The molecule has 0 fully saturated rings. The zero-order valence-electron chi connectivity index (χ0n) is 14.8. The number of aryl methyl sites for hydroxylation is 1. The van der Waals surface area contributed by atoms with Crippen LogP contribution in [0.5, 0.6) is 0 Å². The third-order valence-corrected chi connectivity index (χ3v) is 6.42. The van der Waals surface area contributed by atoms with E-state index in [9.17, 15) is 18.0 Å². The van der Waals surface area contributed by atoms with Crippen LogP contribution in [0.1, 0.15) is 18.7 Å². The lowest BCUT2D eigenvalue weighted by Gasteiger charge is -2.22. The highest BCUT2D eigenvalue weighted by atomic mass is 32.2. The lowest BCUT2D eigenvalue weighted by Crippen LogP contribution is -2.37. The highest BCUT2D eigenvalue weighted by molar-refractivity contribution is 7.91. The van der Waals surface area contributed by atoms with Crippen LogP contribution in [0.3, 0.4) is 0 Å². The summed E-state index contributed by atoms with van der Waals surface area (Å²) in [7, 11) is -3.59. The van der Waals surface area contributed by atoms with Crippen molar-refractivity contribution in [3.05, 3.63) is 41.3 Å². The number of sulfonamides is 1. The Morgan fingerprint density at radius 1 is 1.15 bits per heavy atom. The molecule has 2 N–H and O–H groups in total. The minimum atomic E-state index is -3.59. The Kier molecular flexibility index (Phi) is 6.52. The van der Waals surface area contributed by atoms with Gasteiger partial charge in [-0.05, 0) is 37.3 Å². The molecule has 0 aliphatic rings. The fraction of sp³-hybridized carbons (Fsp3) is 0.294. The molecule has 0 radical (unpaired) electrons. The lowest BCUT2D eigenvalue weighted by atomic mass is 10.2. The smallest absolute Gasteiger partial charge is 0.250 e. The second kappa shape index (κ2) is 8.43. The van der Waals surface area contributed by atoms with Crippen molar-refractivity contribution < 1.29 is 18.0 Å². The number of carbonyl (C=O) groups is 2. The van der Waals surface area contributed by atoms with Gasteiger partial charge in [-0.2, -0.15) is 0 Å². The van der Waals surface area contributed by atoms with Crippen LogP contribution in [-0.4, -0.2) is 33.3 Å². The Bertz CT molecular complexity index is 906. The molecule has 0 aliphatic carbocycles. The molecule has 0 saturated carbocycles. The van der Waals surface area contributed by atoms with Gasteiger partial charge < -0.3 is 10.2 Å². The molecule has 1 heterocycles. The van der Waals surface area contributed by atoms with Crippen LogP contribution < -0.4 is 14.9 Å². The van der Waals surface area contributed by atoms with E-state index in [2.05, 4.69) is 10.0 Å². The van der Waals surface area contributed by atoms with Crippen LogP contribution in [0, 0.1) is 6.92 Å². The van der Waals surface area contributed by atoms with Gasteiger partial charge in [0.25, 0.3) is 0 Å². The van der Waals surface area contributed by atoms with Crippen molar-refractivity contribution in [1.82, 2.24) is 4.72 Å². The summed E-state index contributed by atoms with van der Waals surface area (Å²) >= 11 is 1.19. The molecule has 7 nitrogen and oxygen atoms in total. The molecule has 140 valence electrons. The molecule has 0 spiro atoms. The Morgan fingerprint density at radius 3 is 2.46 bits per heavy atom. The van der Waals surface area contributed by atoms with Gasteiger partial charge in [0.1, 0.15) is 4.21 Å². The third kappa shape index (κ3) is 5.38. The first-order valence-electron chi connectivity index (χ1n) is 7.91. The number of carbonyl (C=O) groups excluding carboxylic acids is 2. The normalized spacial score (nSPS) is 11.2. The van der Waals surface area contributed by atoms with E-state index in [1.807, 2.05) is 6.92 Å². The summed E-state index contributed by atoms with van der Waals surface area (Å²) in [4.78, 5) is 25.5. The zero-order valence-corrected chi connectivity index (χ0v) is 16.4. The lowest BCUT2D eigenvalue weighted by molar-refractivity contribution is -0.116. The Hall–Kier alpha value is -2.23. The molecular weight excluding hydrogens is 374 g/mol. The monoisotopic (exact) mass is 395 g/mol. The number of rotatable bonds is 7. The van der Waals surface area contributed by atoms with Crippen molar-refractivity contribution >= 4 is 44.5 Å². The summed E-state index contributed by atoms with van der Waals surface area (Å²) in [6, 6.07) is 10.1. The molecule has 26 heavy (non-hydrogen) atoms. The average Bonchev–Trinajstić information content (AvgIpc) is 2.98. The van der Waals surface area contributed by atoms with Gasteiger partial charge in [-0.3, -0.25) is 9.59 Å². The summed E-state index contributed by atoms with van der Waals surface area (Å²) in [6.45, 7) is 4.88. The maximum Gasteiger partial charge on any atom is 0.250 e. The van der Waals surface area contributed by atoms with E-state index >= 15 is 0 Å². The average molecular weight is 396 g/mol. The number of nitrogens with zero attached hydrogens (tertiary/aromatic N) is 1. The van der Waals surface area contributed by atoms with Gasteiger partial charge in [0, 0.05) is 43.2 Å². The van der Waals surface area contributed by atoms with Gasteiger partial charge in [0.15, 0.2) is 0 Å². The number of benzene rings is 1. The maximum absolute atomic E-state index is 12.3. The molecule has 2 aromatic rings. The minimum absolute atomic E-state index is 0.0726. The predicted molar refractivity (Wildman–Crippen MR) is 103 cm³/mol. The molecule has 2 rings (SSSR count). The summed E-state index contributed by atoms with van der Waals surface area (Å²) in [5, 5.41) is 2.66. The Balaban J connectivity index is 2.07. The standard InChI is InChI=1S/C17H21N3O4S2/c1-12-7-8-17(25-12)26(23,24)18-9-10-20(14(3)22)16-6-4-5-15(11-16)19-13(2)21/h4-8,11,18H,9-10H2,1-3H3,(H,19,21). The number of thiophene rings is 1. The highest BCUT2D eigenvalue weighted by Gasteiger charge is 2.18. The van der Waals surface area contributed by atoms with E-state index in [1.54, 1.807) is 36.4 Å². The van der Waals surface area contributed by atoms with Crippen LogP contribution in [0.15, 0.2) is 40.6 Å². The van der Waals surface area contributed by atoms with Crippen molar-refractivity contribution in [2.75, 3.05) is 23.3 Å². The topological polar surface area (TPSA) is 95.6 Å². The third-order valence-electron chi connectivity index (χ3n) is 3.47. The van der Waals surface area contributed by atoms with Crippen LogP contribution >= 0.6 is 11.3 Å². The van der Waals surface area contributed by atoms with E-state index in [4.69, 9.17) is 0 Å². The van der Waals surface area contributed by atoms with Crippen molar-refractivity contribution in [3.63, 3.8) is 0 Å². The fourth-order valence-electron chi connectivity index (χ4n) is 2.34. The Labute approximate surface area is 157 Å². The Morgan fingerprint density at radius 2 is 1.88 bits per heavy atom. The first-order chi connectivity index (χ1) is 12.2. The van der Waals surface area contributed by atoms with E-state index in [0.717, 1.165) is 4.88 Å². The molecule has 0 unspecified atom stereocenters. The van der Waals surface area contributed by atoms with Crippen LogP contribution in [0.4, 0.5) is 11.4 Å². The van der Waals surface area contributed by atoms with Gasteiger partial charge in [0.2, 0.25) is 21.8 Å². The van der Waals surface area contributed by atoms with Gasteiger partial charge in [-0.25, -0.2) is 13.1 Å². The number of hydrogen-bond donors (Lipinski definition) is 2.